The number of benzene rings is 1. The van der Waals surface area contributed by atoms with Crippen LogP contribution >= 0.6 is 0 Å². The lowest BCUT2D eigenvalue weighted by molar-refractivity contribution is -0.132. The highest BCUT2D eigenvalue weighted by molar-refractivity contribution is 6.02. The first kappa shape index (κ1) is 13.7. The van der Waals surface area contributed by atoms with E-state index in [4.69, 9.17) is 0 Å². The van der Waals surface area contributed by atoms with Gasteiger partial charge in [-0.05, 0) is 12.0 Å². The molecule has 2 aliphatic rings. The summed E-state index contributed by atoms with van der Waals surface area (Å²) < 4.78 is 0. The number of hydrogen-bond acceptors (Lipinski definition) is 4. The van der Waals surface area contributed by atoms with Gasteiger partial charge in [-0.2, -0.15) is 5.26 Å². The molecule has 21 heavy (non-hydrogen) atoms. The Hall–Kier alpha value is -2.32. The van der Waals surface area contributed by atoms with Crippen molar-refractivity contribution in [3.05, 3.63) is 41.5 Å². The summed E-state index contributed by atoms with van der Waals surface area (Å²) in [4.78, 5) is 12.7. The van der Waals surface area contributed by atoms with E-state index >= 15 is 0 Å². The molecular weight excluding hydrogens is 264 g/mol. The summed E-state index contributed by atoms with van der Waals surface area (Å²) in [6.45, 7) is 2.56. The van der Waals surface area contributed by atoms with E-state index in [0.29, 0.717) is 6.54 Å². The first-order valence-corrected chi connectivity index (χ1v) is 7.28. The Labute approximate surface area is 124 Å². The molecule has 1 amide bonds. The average molecular weight is 282 g/mol. The van der Waals surface area contributed by atoms with E-state index in [2.05, 4.69) is 23.7 Å². The number of nitrogens with one attached hydrogen (secondary N) is 2. The number of nitriles is 1. The fourth-order valence-corrected chi connectivity index (χ4v) is 2.90. The first-order chi connectivity index (χ1) is 10.3. The maximum absolute atomic E-state index is 12.7. The summed E-state index contributed by atoms with van der Waals surface area (Å²) in [5, 5.41) is 14.2. The number of carbonyl (C=O) groups excluding carboxylic acids is 1. The monoisotopic (exact) mass is 282 g/mol. The third-order valence-electron chi connectivity index (χ3n) is 3.94. The van der Waals surface area contributed by atoms with Gasteiger partial charge in [0.05, 0.1) is 11.8 Å². The van der Waals surface area contributed by atoms with E-state index < -0.39 is 0 Å². The van der Waals surface area contributed by atoms with Crippen molar-refractivity contribution >= 4 is 11.6 Å². The SMILES string of the molecule is CCCC1=C(c2ccccc2)NC2C(C#N)CNN2C1=O. The number of amides is 1. The van der Waals surface area contributed by atoms with Gasteiger partial charge in [-0.15, -0.1) is 0 Å². The molecule has 0 aromatic heterocycles. The van der Waals surface area contributed by atoms with Crippen LogP contribution in [0.5, 0.6) is 0 Å². The van der Waals surface area contributed by atoms with E-state index in [9.17, 15) is 10.1 Å². The van der Waals surface area contributed by atoms with Gasteiger partial charge < -0.3 is 5.32 Å². The van der Waals surface area contributed by atoms with Crippen LogP contribution in [0.25, 0.3) is 5.70 Å². The lowest BCUT2D eigenvalue weighted by atomic mass is 9.97. The van der Waals surface area contributed by atoms with Crippen LogP contribution < -0.4 is 10.7 Å². The molecule has 1 aromatic carbocycles. The summed E-state index contributed by atoms with van der Waals surface area (Å²) >= 11 is 0. The number of rotatable bonds is 3. The van der Waals surface area contributed by atoms with Crippen LogP contribution in [0.2, 0.25) is 0 Å². The number of nitrogens with zero attached hydrogens (tertiary/aromatic N) is 2. The molecule has 2 heterocycles. The number of hydrazine groups is 1. The van der Waals surface area contributed by atoms with Gasteiger partial charge in [0.25, 0.3) is 5.91 Å². The molecule has 1 aromatic rings. The van der Waals surface area contributed by atoms with Crippen molar-refractivity contribution < 1.29 is 4.79 Å². The summed E-state index contributed by atoms with van der Waals surface area (Å²) in [6, 6.07) is 12.1. The predicted octanol–water partition coefficient (Wildman–Crippen LogP) is 1.61. The molecule has 1 fully saturated rings. The number of fused-ring (bicyclic) bond motifs is 1. The Morgan fingerprint density at radius 3 is 2.81 bits per heavy atom. The van der Waals surface area contributed by atoms with Crippen molar-refractivity contribution in [2.24, 2.45) is 5.92 Å². The highest BCUT2D eigenvalue weighted by Crippen LogP contribution is 2.30. The van der Waals surface area contributed by atoms with E-state index in [0.717, 1.165) is 29.7 Å². The minimum absolute atomic E-state index is 0.0165. The van der Waals surface area contributed by atoms with Crippen molar-refractivity contribution in [1.29, 1.82) is 5.26 Å². The molecule has 108 valence electrons. The molecule has 2 atom stereocenters. The molecule has 2 N–H and O–H groups in total. The van der Waals surface area contributed by atoms with Gasteiger partial charge in [-0.25, -0.2) is 5.43 Å². The quantitative estimate of drug-likeness (QED) is 0.884. The Balaban J connectivity index is 2.04. The van der Waals surface area contributed by atoms with Gasteiger partial charge in [0.15, 0.2) is 0 Å². The third kappa shape index (κ3) is 2.28. The smallest absolute Gasteiger partial charge is 0.267 e. The zero-order chi connectivity index (χ0) is 14.8. The van der Waals surface area contributed by atoms with E-state index in [-0.39, 0.29) is 18.0 Å². The van der Waals surface area contributed by atoms with Gasteiger partial charge in [-0.1, -0.05) is 43.7 Å². The molecule has 5 heteroatoms. The van der Waals surface area contributed by atoms with Crippen LogP contribution in [-0.4, -0.2) is 23.6 Å². The van der Waals surface area contributed by atoms with E-state index in [1.165, 1.54) is 0 Å². The average Bonchev–Trinajstić information content (AvgIpc) is 2.94. The number of carbonyl (C=O) groups is 1. The largest absolute Gasteiger partial charge is 0.362 e. The minimum atomic E-state index is -0.293. The molecule has 3 rings (SSSR count). The fourth-order valence-electron chi connectivity index (χ4n) is 2.90. The van der Waals surface area contributed by atoms with Crippen LogP contribution in [0.3, 0.4) is 0 Å². The molecule has 0 radical (unpaired) electrons. The van der Waals surface area contributed by atoms with Crippen LogP contribution in [0, 0.1) is 17.2 Å². The van der Waals surface area contributed by atoms with Crippen molar-refractivity contribution in [3.8, 4) is 6.07 Å². The Morgan fingerprint density at radius 1 is 1.38 bits per heavy atom. The van der Waals surface area contributed by atoms with Crippen molar-refractivity contribution in [2.45, 2.75) is 25.9 Å². The van der Waals surface area contributed by atoms with Crippen LogP contribution in [0.1, 0.15) is 25.3 Å². The molecule has 2 aliphatic heterocycles. The molecule has 1 saturated heterocycles. The molecular formula is C16H18N4O. The molecule has 0 saturated carbocycles. The Kier molecular flexibility index (Phi) is 3.63. The Bertz CT molecular complexity index is 617. The maximum Gasteiger partial charge on any atom is 0.267 e. The summed E-state index contributed by atoms with van der Waals surface area (Å²) in [5.74, 6) is -0.256. The normalized spacial score (nSPS) is 24.6. The van der Waals surface area contributed by atoms with Gasteiger partial charge in [0, 0.05) is 12.1 Å². The minimum Gasteiger partial charge on any atom is -0.362 e. The first-order valence-electron chi connectivity index (χ1n) is 7.28. The van der Waals surface area contributed by atoms with Gasteiger partial charge in [0.2, 0.25) is 0 Å². The van der Waals surface area contributed by atoms with Crippen LogP contribution in [-0.2, 0) is 4.79 Å². The summed E-state index contributed by atoms with van der Waals surface area (Å²) in [6.07, 6.45) is 1.33. The second-order valence-electron chi connectivity index (χ2n) is 5.33. The van der Waals surface area contributed by atoms with Gasteiger partial charge in [-0.3, -0.25) is 9.80 Å². The van der Waals surface area contributed by atoms with Crippen molar-refractivity contribution in [1.82, 2.24) is 15.8 Å². The summed E-state index contributed by atoms with van der Waals surface area (Å²) in [5.41, 5.74) is 5.68. The lowest BCUT2D eigenvalue weighted by Gasteiger charge is -2.35. The van der Waals surface area contributed by atoms with Crippen molar-refractivity contribution in [3.63, 3.8) is 0 Å². The molecule has 0 aliphatic carbocycles. The van der Waals surface area contributed by atoms with Crippen LogP contribution in [0.15, 0.2) is 35.9 Å². The zero-order valence-electron chi connectivity index (χ0n) is 12.0. The van der Waals surface area contributed by atoms with Gasteiger partial charge in [0.1, 0.15) is 12.1 Å². The summed E-state index contributed by atoms with van der Waals surface area (Å²) in [7, 11) is 0. The highest BCUT2D eigenvalue weighted by Gasteiger charge is 2.42. The lowest BCUT2D eigenvalue weighted by Crippen LogP contribution is -2.54. The van der Waals surface area contributed by atoms with E-state index in [1.807, 2.05) is 30.3 Å². The zero-order valence-corrected chi connectivity index (χ0v) is 12.0. The van der Waals surface area contributed by atoms with E-state index in [1.54, 1.807) is 5.01 Å². The highest BCUT2D eigenvalue weighted by atomic mass is 16.2. The molecule has 2 unspecified atom stereocenters. The number of hydrogen-bond donors (Lipinski definition) is 2. The predicted molar refractivity (Wildman–Crippen MR) is 79.1 cm³/mol. The van der Waals surface area contributed by atoms with Gasteiger partial charge >= 0.3 is 0 Å². The fraction of sp³-hybridized carbons (Fsp3) is 0.375. The standard InChI is InChI=1S/C16H18N4O/c1-2-6-13-14(11-7-4-3-5-8-11)19-15-12(9-17)10-18-20(15)16(13)21/h3-5,7-8,12,15,18-19H,2,6,10H2,1H3. The molecule has 0 spiro atoms. The van der Waals surface area contributed by atoms with Crippen molar-refractivity contribution in [2.75, 3.05) is 6.54 Å². The third-order valence-corrected chi connectivity index (χ3v) is 3.94. The second kappa shape index (κ2) is 5.58. The maximum atomic E-state index is 12.7. The van der Waals surface area contributed by atoms with Crippen LogP contribution in [0.4, 0.5) is 0 Å². The second-order valence-corrected chi connectivity index (χ2v) is 5.33. The Morgan fingerprint density at radius 2 is 2.14 bits per heavy atom. The topological polar surface area (TPSA) is 68.2 Å². The molecule has 0 bridgehead atoms. The molecule has 5 nitrogen and oxygen atoms in total.